The van der Waals surface area contributed by atoms with E-state index in [0.29, 0.717) is 0 Å². The molecule has 1 aromatic rings. The molecule has 2 rings (SSSR count). The van der Waals surface area contributed by atoms with Gasteiger partial charge in [0.15, 0.2) is 5.82 Å². The van der Waals surface area contributed by atoms with E-state index in [1.807, 2.05) is 0 Å². The third kappa shape index (κ3) is 5.42. The van der Waals surface area contributed by atoms with Crippen molar-refractivity contribution in [3.8, 4) is 0 Å². The minimum Gasteiger partial charge on any atom is -0.395 e. The van der Waals surface area contributed by atoms with Gasteiger partial charge in [-0.25, -0.2) is 4.79 Å². The third-order valence-electron chi connectivity index (χ3n) is 3.83. The van der Waals surface area contributed by atoms with Gasteiger partial charge in [0, 0.05) is 24.8 Å². The van der Waals surface area contributed by atoms with Crippen LogP contribution in [0.3, 0.4) is 0 Å². The molecule has 1 fully saturated rings. The van der Waals surface area contributed by atoms with Gasteiger partial charge in [-0.05, 0) is 12.8 Å². The second kappa shape index (κ2) is 7.67. The van der Waals surface area contributed by atoms with Crippen molar-refractivity contribution >= 4 is 11.8 Å². The van der Waals surface area contributed by atoms with Gasteiger partial charge in [0.25, 0.3) is 0 Å². The van der Waals surface area contributed by atoms with Crippen molar-refractivity contribution in [3.05, 3.63) is 12.3 Å². The molecule has 0 unspecified atom stereocenters. The Morgan fingerprint density at radius 2 is 2.09 bits per heavy atom. The van der Waals surface area contributed by atoms with Gasteiger partial charge in [0.05, 0.1) is 6.61 Å². The number of urea groups is 1. The zero-order valence-electron chi connectivity index (χ0n) is 12.7. The molecular formula is C14H21F3N4O2. The summed E-state index contributed by atoms with van der Waals surface area (Å²) in [6.45, 7) is -1.17. The van der Waals surface area contributed by atoms with Crippen molar-refractivity contribution in [2.24, 2.45) is 0 Å². The number of amides is 2. The monoisotopic (exact) mass is 334 g/mol. The van der Waals surface area contributed by atoms with Gasteiger partial charge in [-0.1, -0.05) is 19.3 Å². The molecule has 0 radical (unpaired) electrons. The number of aromatic nitrogens is 2. The van der Waals surface area contributed by atoms with Crippen LogP contribution >= 0.6 is 0 Å². The molecule has 1 saturated carbocycles. The number of nitrogens with one attached hydrogen (secondary N) is 1. The van der Waals surface area contributed by atoms with Crippen LogP contribution in [0.1, 0.15) is 32.1 Å². The van der Waals surface area contributed by atoms with E-state index in [9.17, 15) is 18.0 Å². The molecule has 1 heterocycles. The van der Waals surface area contributed by atoms with Crippen LogP contribution in [0, 0.1) is 0 Å². The summed E-state index contributed by atoms with van der Waals surface area (Å²) in [4.78, 5) is 13.9. The lowest BCUT2D eigenvalue weighted by molar-refractivity contribution is -0.142. The second-order valence-electron chi connectivity index (χ2n) is 5.65. The van der Waals surface area contributed by atoms with Crippen molar-refractivity contribution in [3.63, 3.8) is 0 Å². The molecule has 0 atom stereocenters. The Morgan fingerprint density at radius 1 is 1.39 bits per heavy atom. The summed E-state index contributed by atoms with van der Waals surface area (Å²) in [6.07, 6.45) is 1.73. The Hall–Kier alpha value is -1.77. The first-order valence-electron chi connectivity index (χ1n) is 7.68. The standard InChI is InChI=1S/C14H21F3N4O2/c15-14(16,17)10-20-7-6-12(19-20)18-13(23)21(8-9-22)11-4-2-1-3-5-11/h6-7,11,22H,1-5,8-10H2,(H,18,19,23). The Bertz CT molecular complexity index is 512. The number of aliphatic hydroxyl groups excluding tert-OH is 1. The number of hydrogen-bond acceptors (Lipinski definition) is 3. The Balaban J connectivity index is 1.97. The number of halogens is 3. The fraction of sp³-hybridized carbons (Fsp3) is 0.714. The molecule has 2 N–H and O–H groups in total. The summed E-state index contributed by atoms with van der Waals surface area (Å²) in [5.41, 5.74) is 0. The van der Waals surface area contributed by atoms with Crippen LogP contribution in [0.2, 0.25) is 0 Å². The number of carbonyl (C=O) groups is 1. The van der Waals surface area contributed by atoms with Crippen LogP contribution in [-0.2, 0) is 6.54 Å². The maximum absolute atomic E-state index is 12.3. The summed E-state index contributed by atoms with van der Waals surface area (Å²) in [5.74, 6) is 0.0676. The number of alkyl halides is 3. The molecule has 0 spiro atoms. The van der Waals surface area contributed by atoms with Crippen LogP contribution < -0.4 is 5.32 Å². The summed E-state index contributed by atoms with van der Waals surface area (Å²) < 4.78 is 37.6. The molecule has 1 aromatic heterocycles. The highest BCUT2D eigenvalue weighted by molar-refractivity contribution is 5.88. The van der Waals surface area contributed by atoms with E-state index >= 15 is 0 Å². The zero-order chi connectivity index (χ0) is 16.9. The minimum absolute atomic E-state index is 0.0492. The number of anilines is 1. The fourth-order valence-electron chi connectivity index (χ4n) is 2.83. The van der Waals surface area contributed by atoms with E-state index in [2.05, 4.69) is 10.4 Å². The van der Waals surface area contributed by atoms with E-state index in [-0.39, 0.29) is 25.0 Å². The summed E-state index contributed by atoms with van der Waals surface area (Å²) in [5, 5.41) is 15.4. The van der Waals surface area contributed by atoms with Crippen LogP contribution in [-0.4, -0.2) is 51.2 Å². The van der Waals surface area contributed by atoms with Gasteiger partial charge in [-0.3, -0.25) is 10.00 Å². The van der Waals surface area contributed by atoms with Crippen LogP contribution in [0.5, 0.6) is 0 Å². The van der Waals surface area contributed by atoms with E-state index in [0.717, 1.165) is 36.8 Å². The number of hydrogen-bond donors (Lipinski definition) is 2. The summed E-state index contributed by atoms with van der Waals surface area (Å²) in [6, 6.07) is 0.929. The average molecular weight is 334 g/mol. The van der Waals surface area contributed by atoms with Crippen molar-refractivity contribution in [2.45, 2.75) is 50.9 Å². The average Bonchev–Trinajstić information content (AvgIpc) is 2.90. The normalized spacial score (nSPS) is 16.3. The maximum Gasteiger partial charge on any atom is 0.408 e. The van der Waals surface area contributed by atoms with Gasteiger partial charge in [0.1, 0.15) is 6.54 Å². The number of nitrogens with zero attached hydrogens (tertiary/aromatic N) is 3. The summed E-state index contributed by atoms with van der Waals surface area (Å²) >= 11 is 0. The Morgan fingerprint density at radius 3 is 2.70 bits per heavy atom. The predicted molar refractivity (Wildman–Crippen MR) is 78.0 cm³/mol. The molecular weight excluding hydrogens is 313 g/mol. The molecule has 130 valence electrons. The SMILES string of the molecule is O=C(Nc1ccn(CC(F)(F)F)n1)N(CCO)C1CCCCC1. The maximum atomic E-state index is 12.3. The topological polar surface area (TPSA) is 70.4 Å². The van der Waals surface area contributed by atoms with Gasteiger partial charge >= 0.3 is 12.2 Å². The highest BCUT2D eigenvalue weighted by Crippen LogP contribution is 2.23. The molecule has 0 aliphatic heterocycles. The van der Waals surface area contributed by atoms with Crippen LogP contribution in [0.4, 0.5) is 23.8 Å². The first kappa shape index (κ1) is 17.6. The van der Waals surface area contributed by atoms with Crippen molar-refractivity contribution < 1.29 is 23.1 Å². The Labute approximate surface area is 132 Å². The molecule has 0 saturated heterocycles. The van der Waals surface area contributed by atoms with E-state index in [1.165, 1.54) is 12.3 Å². The molecule has 2 amide bonds. The van der Waals surface area contributed by atoms with Gasteiger partial charge in [-0.15, -0.1) is 0 Å². The molecule has 1 aliphatic rings. The van der Waals surface area contributed by atoms with Crippen LogP contribution in [0.25, 0.3) is 0 Å². The number of carbonyl (C=O) groups excluding carboxylic acids is 1. The largest absolute Gasteiger partial charge is 0.408 e. The highest BCUT2D eigenvalue weighted by atomic mass is 19.4. The first-order valence-corrected chi connectivity index (χ1v) is 7.68. The predicted octanol–water partition coefficient (Wildman–Crippen LogP) is 2.60. The van der Waals surface area contributed by atoms with Gasteiger partial charge < -0.3 is 10.0 Å². The second-order valence-corrected chi connectivity index (χ2v) is 5.65. The van der Waals surface area contributed by atoms with E-state index in [1.54, 1.807) is 4.90 Å². The van der Waals surface area contributed by atoms with Crippen molar-refractivity contribution in [2.75, 3.05) is 18.5 Å². The molecule has 9 heteroatoms. The lowest BCUT2D eigenvalue weighted by atomic mass is 9.94. The van der Waals surface area contributed by atoms with Crippen molar-refractivity contribution in [1.29, 1.82) is 0 Å². The van der Waals surface area contributed by atoms with Gasteiger partial charge in [0.2, 0.25) is 0 Å². The van der Waals surface area contributed by atoms with Crippen LogP contribution in [0.15, 0.2) is 12.3 Å². The molecule has 1 aliphatic carbocycles. The highest BCUT2D eigenvalue weighted by Gasteiger charge is 2.29. The first-order chi connectivity index (χ1) is 10.9. The smallest absolute Gasteiger partial charge is 0.395 e. The number of aliphatic hydroxyl groups is 1. The molecule has 23 heavy (non-hydrogen) atoms. The lowest BCUT2D eigenvalue weighted by Crippen LogP contribution is -2.45. The Kier molecular flexibility index (Phi) is 5.86. The van der Waals surface area contributed by atoms with Gasteiger partial charge in [-0.2, -0.15) is 18.3 Å². The van der Waals surface area contributed by atoms with E-state index in [4.69, 9.17) is 5.11 Å². The quantitative estimate of drug-likeness (QED) is 0.869. The number of rotatable bonds is 5. The lowest BCUT2D eigenvalue weighted by Gasteiger charge is -2.33. The summed E-state index contributed by atoms with van der Waals surface area (Å²) in [7, 11) is 0. The zero-order valence-corrected chi connectivity index (χ0v) is 12.7. The molecule has 0 bridgehead atoms. The minimum atomic E-state index is -4.36. The fourth-order valence-corrected chi connectivity index (χ4v) is 2.83. The molecule has 6 nitrogen and oxygen atoms in total. The van der Waals surface area contributed by atoms with E-state index < -0.39 is 18.8 Å². The van der Waals surface area contributed by atoms with Crippen molar-refractivity contribution in [1.82, 2.24) is 14.7 Å². The third-order valence-corrected chi connectivity index (χ3v) is 3.83. The molecule has 0 aromatic carbocycles.